The number of aryl methyl sites for hydroxylation is 2. The SMILES string of the molecule is Cc1noc(C)c1S(=O)(=O)N(C)C[C@H]1Oc2ccc(NC(=O)C3CC3)cc2CC(=O)N([C@H](C)CO)C[C@H]1C. The van der Waals surface area contributed by atoms with Crippen LogP contribution in [0.4, 0.5) is 5.69 Å². The summed E-state index contributed by atoms with van der Waals surface area (Å²) >= 11 is 0. The molecule has 0 spiro atoms. The van der Waals surface area contributed by atoms with Crippen LogP contribution in [0, 0.1) is 25.7 Å². The number of amides is 2. The number of rotatable bonds is 8. The molecule has 2 N–H and O–H groups in total. The quantitative estimate of drug-likeness (QED) is 0.511. The fourth-order valence-electron chi connectivity index (χ4n) is 4.67. The molecule has 11 nitrogen and oxygen atoms in total. The van der Waals surface area contributed by atoms with Crippen LogP contribution in [-0.4, -0.2) is 78.6 Å². The summed E-state index contributed by atoms with van der Waals surface area (Å²) in [7, 11) is -2.45. The van der Waals surface area contributed by atoms with E-state index < -0.39 is 22.2 Å². The first kappa shape index (κ1) is 28.1. The molecule has 2 amide bonds. The third kappa shape index (κ3) is 5.87. The Hall–Kier alpha value is -2.96. The second-order valence-electron chi connectivity index (χ2n) is 10.4. The maximum atomic E-state index is 13.4. The number of sulfonamides is 1. The molecule has 0 radical (unpaired) electrons. The Morgan fingerprint density at radius 3 is 2.63 bits per heavy atom. The number of carbonyl (C=O) groups excluding carboxylic acids is 2. The largest absolute Gasteiger partial charge is 0.488 e. The number of benzene rings is 1. The number of hydrogen-bond acceptors (Lipinski definition) is 8. The number of aromatic nitrogens is 1. The molecule has 2 heterocycles. The highest BCUT2D eigenvalue weighted by Gasteiger charge is 2.35. The van der Waals surface area contributed by atoms with Gasteiger partial charge in [-0.25, -0.2) is 8.42 Å². The highest BCUT2D eigenvalue weighted by molar-refractivity contribution is 7.89. The molecule has 0 unspecified atom stereocenters. The summed E-state index contributed by atoms with van der Waals surface area (Å²) in [5.74, 6) is 0.160. The molecule has 1 aromatic carbocycles. The Kier molecular flexibility index (Phi) is 8.15. The molecule has 1 fully saturated rings. The lowest BCUT2D eigenvalue weighted by molar-refractivity contribution is -0.134. The molecule has 4 rings (SSSR count). The summed E-state index contributed by atoms with van der Waals surface area (Å²) < 4.78 is 39.5. The molecule has 38 heavy (non-hydrogen) atoms. The van der Waals surface area contributed by atoms with Gasteiger partial charge in [0.15, 0.2) is 5.76 Å². The van der Waals surface area contributed by atoms with E-state index in [1.54, 1.807) is 43.9 Å². The van der Waals surface area contributed by atoms with Crippen molar-refractivity contribution < 1.29 is 32.4 Å². The van der Waals surface area contributed by atoms with Crippen LogP contribution in [0.1, 0.15) is 43.7 Å². The van der Waals surface area contributed by atoms with E-state index in [-0.39, 0.29) is 66.1 Å². The summed E-state index contributed by atoms with van der Waals surface area (Å²) in [6.45, 7) is 6.84. The Bertz CT molecular complexity index is 1290. The number of ether oxygens (including phenoxy) is 1. The van der Waals surface area contributed by atoms with E-state index in [1.165, 1.54) is 11.4 Å². The lowest BCUT2D eigenvalue weighted by Crippen LogP contribution is -2.48. The second kappa shape index (κ2) is 11.0. The number of carbonyl (C=O) groups is 2. The van der Waals surface area contributed by atoms with Gasteiger partial charge in [-0.2, -0.15) is 4.31 Å². The number of nitrogens with one attached hydrogen (secondary N) is 1. The molecule has 1 aromatic heterocycles. The minimum atomic E-state index is -3.93. The number of fused-ring (bicyclic) bond motifs is 1. The Morgan fingerprint density at radius 2 is 2.03 bits per heavy atom. The zero-order chi connectivity index (χ0) is 27.8. The zero-order valence-corrected chi connectivity index (χ0v) is 23.2. The third-order valence-electron chi connectivity index (χ3n) is 7.21. The summed E-state index contributed by atoms with van der Waals surface area (Å²) in [4.78, 5) is 27.3. The maximum Gasteiger partial charge on any atom is 0.248 e. The molecule has 1 saturated carbocycles. The predicted molar refractivity (Wildman–Crippen MR) is 139 cm³/mol. The average molecular weight is 549 g/mol. The normalized spacial score (nSPS) is 21.2. The van der Waals surface area contributed by atoms with Crippen LogP contribution in [0.2, 0.25) is 0 Å². The number of aliphatic hydroxyl groups excluding tert-OH is 1. The van der Waals surface area contributed by atoms with Gasteiger partial charge in [0.05, 0.1) is 25.6 Å². The minimum Gasteiger partial charge on any atom is -0.488 e. The van der Waals surface area contributed by atoms with Crippen molar-refractivity contribution in [3.05, 3.63) is 35.2 Å². The van der Waals surface area contributed by atoms with Crippen molar-refractivity contribution in [2.24, 2.45) is 11.8 Å². The van der Waals surface area contributed by atoms with Crippen molar-refractivity contribution in [2.45, 2.75) is 64.0 Å². The van der Waals surface area contributed by atoms with Crippen LogP contribution in [0.25, 0.3) is 0 Å². The third-order valence-corrected chi connectivity index (χ3v) is 9.27. The lowest BCUT2D eigenvalue weighted by atomic mass is 10.0. The summed E-state index contributed by atoms with van der Waals surface area (Å²) in [5, 5.41) is 16.5. The molecule has 0 saturated heterocycles. The van der Waals surface area contributed by atoms with Crippen molar-refractivity contribution in [3.8, 4) is 5.75 Å². The summed E-state index contributed by atoms with van der Waals surface area (Å²) in [6, 6.07) is 4.72. The van der Waals surface area contributed by atoms with Gasteiger partial charge >= 0.3 is 0 Å². The molecule has 1 aliphatic carbocycles. The van der Waals surface area contributed by atoms with E-state index in [9.17, 15) is 23.1 Å². The first-order chi connectivity index (χ1) is 17.9. The van der Waals surface area contributed by atoms with Crippen LogP contribution in [0.15, 0.2) is 27.6 Å². The first-order valence-corrected chi connectivity index (χ1v) is 14.3. The van der Waals surface area contributed by atoms with Crippen LogP contribution in [0.5, 0.6) is 5.75 Å². The molecular weight excluding hydrogens is 512 g/mol. The number of likely N-dealkylation sites (N-methyl/N-ethyl adjacent to an activating group) is 1. The monoisotopic (exact) mass is 548 g/mol. The van der Waals surface area contributed by atoms with E-state index in [1.807, 2.05) is 6.92 Å². The lowest BCUT2D eigenvalue weighted by Gasteiger charge is -2.33. The van der Waals surface area contributed by atoms with Gasteiger partial charge in [0.25, 0.3) is 0 Å². The summed E-state index contributed by atoms with van der Waals surface area (Å²) in [6.07, 6.45) is 1.13. The van der Waals surface area contributed by atoms with E-state index in [0.29, 0.717) is 17.0 Å². The van der Waals surface area contributed by atoms with Gasteiger partial charge in [-0.3, -0.25) is 9.59 Å². The number of nitrogens with zero attached hydrogens (tertiary/aromatic N) is 3. The number of anilines is 1. The Morgan fingerprint density at radius 1 is 1.32 bits per heavy atom. The topological polar surface area (TPSA) is 142 Å². The van der Waals surface area contributed by atoms with Crippen LogP contribution in [0.3, 0.4) is 0 Å². The van der Waals surface area contributed by atoms with Gasteiger partial charge in [0.2, 0.25) is 21.8 Å². The fourth-order valence-corrected chi connectivity index (χ4v) is 6.13. The molecule has 12 heteroatoms. The van der Waals surface area contributed by atoms with Gasteiger partial charge < -0.3 is 24.6 Å². The highest BCUT2D eigenvalue weighted by Crippen LogP contribution is 2.33. The van der Waals surface area contributed by atoms with Crippen LogP contribution in [-0.2, 0) is 26.0 Å². The van der Waals surface area contributed by atoms with Gasteiger partial charge in [0, 0.05) is 36.7 Å². The standard InChI is InChI=1S/C26H36N4O7S/c1-15-12-30(16(2)14-31)24(32)11-20-10-21(27-26(33)19-6-7-19)8-9-22(20)36-23(15)13-29(5)38(34,35)25-17(3)28-37-18(25)4/h8-10,15-16,19,23,31H,6-7,11-14H2,1-5H3,(H,27,33)/t15-,16-,23-/m1/s1. The number of aliphatic hydroxyl groups is 1. The molecule has 208 valence electrons. The highest BCUT2D eigenvalue weighted by atomic mass is 32.2. The zero-order valence-electron chi connectivity index (χ0n) is 22.4. The molecule has 2 aromatic rings. The molecular formula is C26H36N4O7S. The minimum absolute atomic E-state index is 0.00268. The Labute approximate surface area is 223 Å². The van der Waals surface area contributed by atoms with Gasteiger partial charge in [-0.05, 0) is 51.8 Å². The van der Waals surface area contributed by atoms with Crippen molar-refractivity contribution in [1.82, 2.24) is 14.4 Å². The van der Waals surface area contributed by atoms with E-state index in [0.717, 1.165) is 12.8 Å². The van der Waals surface area contributed by atoms with E-state index in [2.05, 4.69) is 10.5 Å². The second-order valence-corrected chi connectivity index (χ2v) is 12.4. The van der Waals surface area contributed by atoms with Crippen molar-refractivity contribution in [2.75, 3.05) is 32.1 Å². The van der Waals surface area contributed by atoms with E-state index in [4.69, 9.17) is 9.26 Å². The van der Waals surface area contributed by atoms with Crippen LogP contribution >= 0.6 is 0 Å². The maximum absolute atomic E-state index is 13.4. The van der Waals surface area contributed by atoms with Gasteiger partial charge in [-0.1, -0.05) is 12.1 Å². The van der Waals surface area contributed by atoms with Crippen LogP contribution < -0.4 is 10.1 Å². The van der Waals surface area contributed by atoms with Crippen molar-refractivity contribution in [3.63, 3.8) is 0 Å². The smallest absolute Gasteiger partial charge is 0.248 e. The molecule has 1 aliphatic heterocycles. The first-order valence-electron chi connectivity index (χ1n) is 12.8. The Balaban J connectivity index is 1.66. The van der Waals surface area contributed by atoms with Gasteiger partial charge in [-0.15, -0.1) is 0 Å². The van der Waals surface area contributed by atoms with E-state index >= 15 is 0 Å². The number of hydrogen-bond donors (Lipinski definition) is 2. The predicted octanol–water partition coefficient (Wildman–Crippen LogP) is 2.11. The van der Waals surface area contributed by atoms with Crippen molar-refractivity contribution in [1.29, 1.82) is 0 Å². The average Bonchev–Trinajstić information content (AvgIpc) is 3.65. The molecule has 0 bridgehead atoms. The summed E-state index contributed by atoms with van der Waals surface area (Å²) in [5.41, 5.74) is 1.42. The molecule has 2 aliphatic rings. The van der Waals surface area contributed by atoms with Gasteiger partial charge in [0.1, 0.15) is 22.4 Å². The van der Waals surface area contributed by atoms with Crippen molar-refractivity contribution >= 4 is 27.5 Å². The molecule has 3 atom stereocenters. The fraction of sp³-hybridized carbons (Fsp3) is 0.577.